The van der Waals surface area contributed by atoms with Crippen molar-refractivity contribution in [3.63, 3.8) is 0 Å². The minimum atomic E-state index is -0.948. The van der Waals surface area contributed by atoms with Crippen LogP contribution in [0.2, 0.25) is 0 Å². The zero-order chi connectivity index (χ0) is 20.9. The van der Waals surface area contributed by atoms with E-state index in [-0.39, 0.29) is 12.1 Å². The van der Waals surface area contributed by atoms with Crippen LogP contribution < -0.4 is 0 Å². The quantitative estimate of drug-likeness (QED) is 0.579. The Hall–Kier alpha value is -2.51. The molecule has 1 aliphatic heterocycles. The summed E-state index contributed by atoms with van der Waals surface area (Å²) in [6.07, 6.45) is -0.803. The Kier molecular flexibility index (Phi) is 4.93. The standard InChI is InChI=1S/C20H23F2NO5/c1-19(2,3)28-18(26)23-10-20(12-7-11(21)5-6-14(12)22)9-13(20)17(23)15(24)8-16(25)27-4/h5-7,13,17H,8-10H2,1-4H3/t13-,17+,20+/m0/s1. The van der Waals surface area contributed by atoms with Crippen molar-refractivity contribution in [3.8, 4) is 0 Å². The van der Waals surface area contributed by atoms with E-state index in [1.54, 1.807) is 20.8 Å². The van der Waals surface area contributed by atoms with E-state index in [1.807, 2.05) is 0 Å². The molecule has 1 saturated carbocycles. The first kappa shape index (κ1) is 20.2. The number of fused-ring (bicyclic) bond motifs is 1. The SMILES string of the molecule is COC(=O)CC(=O)[C@H]1[C@@H]2C[C@]2(c2cc(F)ccc2F)CN1C(=O)OC(C)(C)C. The van der Waals surface area contributed by atoms with Crippen molar-refractivity contribution in [1.29, 1.82) is 0 Å². The van der Waals surface area contributed by atoms with Gasteiger partial charge in [0.25, 0.3) is 0 Å². The molecule has 1 aromatic rings. The molecule has 0 N–H and O–H groups in total. The van der Waals surface area contributed by atoms with Gasteiger partial charge < -0.3 is 9.47 Å². The van der Waals surface area contributed by atoms with Crippen LogP contribution in [0.4, 0.5) is 13.6 Å². The fourth-order valence-corrected chi connectivity index (χ4v) is 4.04. The number of hydrogen-bond acceptors (Lipinski definition) is 5. The highest BCUT2D eigenvalue weighted by Gasteiger charge is 2.69. The van der Waals surface area contributed by atoms with Crippen LogP contribution in [0.25, 0.3) is 0 Å². The zero-order valence-corrected chi connectivity index (χ0v) is 16.3. The third-order valence-electron chi connectivity index (χ3n) is 5.27. The summed E-state index contributed by atoms with van der Waals surface area (Å²) in [6.45, 7) is 5.09. The smallest absolute Gasteiger partial charge is 0.410 e. The van der Waals surface area contributed by atoms with Crippen LogP contribution in [0, 0.1) is 17.6 Å². The molecule has 3 atom stereocenters. The number of carbonyl (C=O) groups excluding carboxylic acids is 3. The first-order valence-electron chi connectivity index (χ1n) is 9.03. The average Bonchev–Trinajstić information content (AvgIpc) is 3.20. The lowest BCUT2D eigenvalue weighted by atomic mass is 9.93. The second kappa shape index (κ2) is 6.83. The highest BCUT2D eigenvalue weighted by atomic mass is 19.1. The minimum Gasteiger partial charge on any atom is -0.469 e. The van der Waals surface area contributed by atoms with Gasteiger partial charge in [-0.15, -0.1) is 0 Å². The van der Waals surface area contributed by atoms with Gasteiger partial charge in [0.15, 0.2) is 5.78 Å². The van der Waals surface area contributed by atoms with E-state index in [0.29, 0.717) is 6.42 Å². The number of benzene rings is 1. The van der Waals surface area contributed by atoms with Crippen LogP contribution in [0.1, 0.15) is 39.2 Å². The summed E-state index contributed by atoms with van der Waals surface area (Å²) in [7, 11) is 1.17. The minimum absolute atomic E-state index is 0.0184. The van der Waals surface area contributed by atoms with E-state index < -0.39 is 58.9 Å². The number of methoxy groups -OCH3 is 1. The number of piperidine rings is 1. The molecular formula is C20H23F2NO5. The van der Waals surface area contributed by atoms with E-state index >= 15 is 0 Å². The summed E-state index contributed by atoms with van der Waals surface area (Å²) in [4.78, 5) is 38.2. The fourth-order valence-electron chi connectivity index (χ4n) is 4.04. The molecule has 3 rings (SSSR count). The number of carbonyl (C=O) groups is 3. The molecule has 1 aliphatic carbocycles. The molecule has 0 radical (unpaired) electrons. The third kappa shape index (κ3) is 3.59. The third-order valence-corrected chi connectivity index (χ3v) is 5.27. The predicted octanol–water partition coefficient (Wildman–Crippen LogP) is 2.97. The van der Waals surface area contributed by atoms with Gasteiger partial charge in [0.05, 0.1) is 13.2 Å². The molecule has 8 heteroatoms. The Morgan fingerprint density at radius 3 is 2.54 bits per heavy atom. The molecule has 2 fully saturated rings. The fraction of sp³-hybridized carbons (Fsp3) is 0.550. The van der Waals surface area contributed by atoms with Gasteiger partial charge in [-0.3, -0.25) is 14.5 Å². The van der Waals surface area contributed by atoms with Gasteiger partial charge in [0.1, 0.15) is 23.7 Å². The van der Waals surface area contributed by atoms with Gasteiger partial charge in [-0.2, -0.15) is 0 Å². The molecule has 0 aromatic heterocycles. The maximum Gasteiger partial charge on any atom is 0.410 e. The molecule has 1 amide bonds. The highest BCUT2D eigenvalue weighted by Crippen LogP contribution is 2.63. The van der Waals surface area contributed by atoms with Crippen molar-refractivity contribution in [1.82, 2.24) is 4.90 Å². The first-order chi connectivity index (χ1) is 13.0. The predicted molar refractivity (Wildman–Crippen MR) is 94.5 cm³/mol. The van der Waals surface area contributed by atoms with Crippen LogP contribution in [-0.4, -0.2) is 48.0 Å². The molecule has 1 aromatic carbocycles. The molecule has 28 heavy (non-hydrogen) atoms. The van der Waals surface area contributed by atoms with Crippen LogP contribution in [0.15, 0.2) is 18.2 Å². The number of likely N-dealkylation sites (tertiary alicyclic amines) is 1. The zero-order valence-electron chi connectivity index (χ0n) is 16.3. The maximum absolute atomic E-state index is 14.4. The number of rotatable bonds is 4. The van der Waals surface area contributed by atoms with E-state index in [1.165, 1.54) is 12.0 Å². The summed E-state index contributed by atoms with van der Waals surface area (Å²) in [5.74, 6) is -2.81. The van der Waals surface area contributed by atoms with E-state index in [9.17, 15) is 23.2 Å². The molecule has 1 saturated heterocycles. The van der Waals surface area contributed by atoms with Crippen LogP contribution >= 0.6 is 0 Å². The van der Waals surface area contributed by atoms with Crippen molar-refractivity contribution in [2.24, 2.45) is 5.92 Å². The highest BCUT2D eigenvalue weighted by molar-refractivity contribution is 6.00. The van der Waals surface area contributed by atoms with Crippen LogP contribution in [-0.2, 0) is 24.5 Å². The Labute approximate surface area is 161 Å². The number of Topliss-reactive ketones (excluding diaryl/α,β-unsaturated/α-hetero) is 1. The first-order valence-corrected chi connectivity index (χ1v) is 9.03. The Balaban J connectivity index is 1.94. The molecule has 0 bridgehead atoms. The van der Waals surface area contributed by atoms with E-state index in [0.717, 1.165) is 18.2 Å². The van der Waals surface area contributed by atoms with E-state index in [4.69, 9.17) is 4.74 Å². The second-order valence-electron chi connectivity index (χ2n) is 8.36. The van der Waals surface area contributed by atoms with Gasteiger partial charge in [-0.25, -0.2) is 13.6 Å². The summed E-state index contributed by atoms with van der Waals surface area (Å²) in [5, 5.41) is 0. The molecule has 2 aliphatic rings. The molecule has 1 heterocycles. The van der Waals surface area contributed by atoms with Crippen molar-refractivity contribution in [2.45, 2.75) is 50.7 Å². The second-order valence-corrected chi connectivity index (χ2v) is 8.36. The number of nitrogens with zero attached hydrogens (tertiary/aromatic N) is 1. The molecule has 6 nitrogen and oxygen atoms in total. The molecule has 152 valence electrons. The monoisotopic (exact) mass is 395 g/mol. The van der Waals surface area contributed by atoms with Crippen molar-refractivity contribution in [3.05, 3.63) is 35.4 Å². The largest absolute Gasteiger partial charge is 0.469 e. The Morgan fingerprint density at radius 2 is 1.93 bits per heavy atom. The van der Waals surface area contributed by atoms with Gasteiger partial charge in [-0.1, -0.05) is 0 Å². The number of ketones is 1. The van der Waals surface area contributed by atoms with E-state index in [2.05, 4.69) is 4.74 Å². The van der Waals surface area contributed by atoms with Gasteiger partial charge >= 0.3 is 12.1 Å². The van der Waals surface area contributed by atoms with Crippen molar-refractivity contribution < 1.29 is 32.6 Å². The molecule has 0 unspecified atom stereocenters. The van der Waals surface area contributed by atoms with Crippen LogP contribution in [0.5, 0.6) is 0 Å². The number of halogens is 2. The number of ether oxygens (including phenoxy) is 2. The number of amides is 1. The van der Waals surface area contributed by atoms with Crippen molar-refractivity contribution in [2.75, 3.05) is 13.7 Å². The normalized spacial score (nSPS) is 25.9. The summed E-state index contributed by atoms with van der Waals surface area (Å²) >= 11 is 0. The summed E-state index contributed by atoms with van der Waals surface area (Å²) in [6, 6.07) is 2.22. The summed E-state index contributed by atoms with van der Waals surface area (Å²) in [5.41, 5.74) is -1.52. The lowest BCUT2D eigenvalue weighted by Gasteiger charge is -2.30. The summed E-state index contributed by atoms with van der Waals surface area (Å²) < 4.78 is 38.1. The lowest BCUT2D eigenvalue weighted by molar-refractivity contribution is -0.144. The van der Waals surface area contributed by atoms with Gasteiger partial charge in [0.2, 0.25) is 0 Å². The lowest BCUT2D eigenvalue weighted by Crippen LogP contribution is -2.46. The van der Waals surface area contributed by atoms with Crippen LogP contribution in [0.3, 0.4) is 0 Å². The number of esters is 1. The molecule has 0 spiro atoms. The van der Waals surface area contributed by atoms with Gasteiger partial charge in [-0.05, 0) is 56.9 Å². The maximum atomic E-state index is 14.4. The average molecular weight is 395 g/mol. The number of hydrogen-bond donors (Lipinski definition) is 0. The van der Waals surface area contributed by atoms with Gasteiger partial charge in [0, 0.05) is 12.0 Å². The topological polar surface area (TPSA) is 72.9 Å². The molecular weight excluding hydrogens is 372 g/mol. The Bertz CT molecular complexity index is 834. The Morgan fingerprint density at radius 1 is 1.25 bits per heavy atom. The van der Waals surface area contributed by atoms with Crippen molar-refractivity contribution >= 4 is 17.8 Å².